The highest BCUT2D eigenvalue weighted by molar-refractivity contribution is 4.78. The maximum Gasteiger partial charge on any atom is 0.0983 e. The highest BCUT2D eigenvalue weighted by Gasteiger charge is 1.96. The van der Waals surface area contributed by atoms with Crippen LogP contribution in [0.3, 0.4) is 0 Å². The molecular formula is C12H24O4. The standard InChI is InChI=1S/2C6H12O2/c1-3-6(5-7)8-4-2;1-2-8-6-4-3-5-7/h3,6-7H,1,4-5H2,2H3;3,5,7H,2,4,6H2,1H3/b;5-3+. The Balaban J connectivity index is 0. The van der Waals surface area contributed by atoms with Crippen LogP contribution in [0.25, 0.3) is 0 Å². The van der Waals surface area contributed by atoms with E-state index in [0.717, 1.165) is 19.3 Å². The number of rotatable bonds is 8. The fourth-order valence-electron chi connectivity index (χ4n) is 0.780. The molecule has 0 aliphatic rings. The Labute approximate surface area is 98.2 Å². The highest BCUT2D eigenvalue weighted by Crippen LogP contribution is 1.89. The molecule has 0 saturated heterocycles. The van der Waals surface area contributed by atoms with E-state index < -0.39 is 0 Å². The summed E-state index contributed by atoms with van der Waals surface area (Å²) in [5.41, 5.74) is 0. The zero-order valence-electron chi connectivity index (χ0n) is 10.3. The molecule has 0 bridgehead atoms. The predicted octanol–water partition coefficient (Wildman–Crippen LogP) is 2.05. The van der Waals surface area contributed by atoms with Crippen LogP contribution in [0, 0.1) is 0 Å². The van der Waals surface area contributed by atoms with Gasteiger partial charge in [-0.3, -0.25) is 0 Å². The quantitative estimate of drug-likeness (QED) is 0.382. The van der Waals surface area contributed by atoms with Crippen LogP contribution in [0.1, 0.15) is 20.3 Å². The third kappa shape index (κ3) is 15.6. The maximum atomic E-state index is 8.46. The molecule has 16 heavy (non-hydrogen) atoms. The molecule has 0 aliphatic carbocycles. The van der Waals surface area contributed by atoms with Crippen molar-refractivity contribution in [3.8, 4) is 0 Å². The van der Waals surface area contributed by atoms with Crippen molar-refractivity contribution in [1.82, 2.24) is 0 Å². The van der Waals surface area contributed by atoms with E-state index in [0.29, 0.717) is 13.2 Å². The number of aliphatic hydroxyl groups is 2. The van der Waals surface area contributed by atoms with Crippen LogP contribution in [0.15, 0.2) is 25.0 Å². The maximum absolute atomic E-state index is 8.46. The minimum absolute atomic E-state index is 0.0251. The zero-order chi connectivity index (χ0) is 12.6. The van der Waals surface area contributed by atoms with Gasteiger partial charge in [0, 0.05) is 13.2 Å². The van der Waals surface area contributed by atoms with Crippen LogP contribution in [-0.4, -0.2) is 42.7 Å². The van der Waals surface area contributed by atoms with E-state index >= 15 is 0 Å². The molecular weight excluding hydrogens is 208 g/mol. The summed E-state index contributed by atoms with van der Waals surface area (Å²) in [6.07, 6.45) is 4.91. The monoisotopic (exact) mass is 232 g/mol. The molecule has 96 valence electrons. The van der Waals surface area contributed by atoms with Crippen LogP contribution in [-0.2, 0) is 9.47 Å². The van der Waals surface area contributed by atoms with E-state index in [1.165, 1.54) is 0 Å². The van der Waals surface area contributed by atoms with Crippen LogP contribution >= 0.6 is 0 Å². The van der Waals surface area contributed by atoms with E-state index in [2.05, 4.69) is 6.58 Å². The smallest absolute Gasteiger partial charge is 0.0983 e. The Morgan fingerprint density at radius 2 is 2.00 bits per heavy atom. The van der Waals surface area contributed by atoms with Gasteiger partial charge >= 0.3 is 0 Å². The van der Waals surface area contributed by atoms with E-state index in [-0.39, 0.29) is 12.7 Å². The first-order valence-corrected chi connectivity index (χ1v) is 5.48. The Morgan fingerprint density at radius 1 is 1.31 bits per heavy atom. The molecule has 0 aromatic carbocycles. The normalized spacial score (nSPS) is 11.9. The minimum Gasteiger partial charge on any atom is -0.516 e. The number of hydrogen-bond acceptors (Lipinski definition) is 4. The summed E-state index contributed by atoms with van der Waals surface area (Å²) in [5.74, 6) is 0. The fraction of sp³-hybridized carbons (Fsp3) is 0.667. The first kappa shape index (κ1) is 17.6. The Bertz CT molecular complexity index is 157. The van der Waals surface area contributed by atoms with Crippen LogP contribution < -0.4 is 0 Å². The van der Waals surface area contributed by atoms with Gasteiger partial charge in [0.2, 0.25) is 0 Å². The number of ether oxygens (including phenoxy) is 2. The molecule has 1 unspecified atom stereocenters. The van der Waals surface area contributed by atoms with Gasteiger partial charge in [-0.2, -0.15) is 0 Å². The number of aliphatic hydroxyl groups excluding tert-OH is 2. The second-order valence-electron chi connectivity index (χ2n) is 2.78. The minimum atomic E-state index is -0.181. The second kappa shape index (κ2) is 16.6. The molecule has 4 nitrogen and oxygen atoms in total. The Morgan fingerprint density at radius 3 is 2.31 bits per heavy atom. The second-order valence-corrected chi connectivity index (χ2v) is 2.78. The average Bonchev–Trinajstić information content (AvgIpc) is 2.32. The van der Waals surface area contributed by atoms with Gasteiger partial charge in [-0.25, -0.2) is 0 Å². The molecule has 0 aromatic heterocycles. The summed E-state index contributed by atoms with van der Waals surface area (Å²) in [6, 6.07) is 0. The zero-order valence-corrected chi connectivity index (χ0v) is 10.3. The Hall–Kier alpha value is -0.840. The van der Waals surface area contributed by atoms with Crippen molar-refractivity contribution in [3.63, 3.8) is 0 Å². The first-order valence-electron chi connectivity index (χ1n) is 5.48. The lowest BCUT2D eigenvalue weighted by molar-refractivity contribution is 0.0510. The van der Waals surface area contributed by atoms with Crippen molar-refractivity contribution >= 4 is 0 Å². The largest absolute Gasteiger partial charge is 0.516 e. The summed E-state index contributed by atoms with van der Waals surface area (Å²) in [5, 5.41) is 16.6. The summed E-state index contributed by atoms with van der Waals surface area (Å²) < 4.78 is 9.95. The number of hydrogen-bond donors (Lipinski definition) is 2. The van der Waals surface area contributed by atoms with Crippen molar-refractivity contribution in [1.29, 1.82) is 0 Å². The molecule has 0 saturated carbocycles. The third-order valence-corrected chi connectivity index (χ3v) is 1.56. The van der Waals surface area contributed by atoms with Crippen molar-refractivity contribution in [2.75, 3.05) is 26.4 Å². The molecule has 0 radical (unpaired) electrons. The third-order valence-electron chi connectivity index (χ3n) is 1.56. The van der Waals surface area contributed by atoms with Gasteiger partial charge in [0.1, 0.15) is 0 Å². The van der Waals surface area contributed by atoms with Gasteiger partial charge in [0.15, 0.2) is 0 Å². The summed E-state index contributed by atoms with van der Waals surface area (Å²) in [7, 11) is 0. The molecule has 0 amide bonds. The molecule has 0 heterocycles. The van der Waals surface area contributed by atoms with Crippen molar-refractivity contribution < 1.29 is 19.7 Å². The van der Waals surface area contributed by atoms with Gasteiger partial charge in [-0.15, -0.1) is 6.58 Å². The topological polar surface area (TPSA) is 58.9 Å². The van der Waals surface area contributed by atoms with E-state index in [1.54, 1.807) is 12.2 Å². The fourth-order valence-corrected chi connectivity index (χ4v) is 0.780. The van der Waals surface area contributed by atoms with Crippen LogP contribution in [0.5, 0.6) is 0 Å². The van der Waals surface area contributed by atoms with Crippen LogP contribution in [0.2, 0.25) is 0 Å². The molecule has 0 rings (SSSR count). The van der Waals surface area contributed by atoms with Gasteiger partial charge < -0.3 is 19.7 Å². The summed E-state index contributed by atoms with van der Waals surface area (Å²) in [6.45, 7) is 9.39. The van der Waals surface area contributed by atoms with Gasteiger partial charge in [0.05, 0.1) is 25.6 Å². The van der Waals surface area contributed by atoms with Gasteiger partial charge in [-0.05, 0) is 26.3 Å². The molecule has 0 aromatic rings. The van der Waals surface area contributed by atoms with Crippen molar-refractivity contribution in [2.45, 2.75) is 26.4 Å². The van der Waals surface area contributed by atoms with Gasteiger partial charge in [-0.1, -0.05) is 6.08 Å². The molecule has 4 heteroatoms. The van der Waals surface area contributed by atoms with Crippen LogP contribution in [0.4, 0.5) is 0 Å². The highest BCUT2D eigenvalue weighted by atomic mass is 16.5. The first-order chi connectivity index (χ1) is 7.76. The van der Waals surface area contributed by atoms with E-state index in [9.17, 15) is 0 Å². The molecule has 1 atom stereocenters. The molecule has 2 N–H and O–H groups in total. The lowest BCUT2D eigenvalue weighted by atomic mass is 10.4. The lowest BCUT2D eigenvalue weighted by Gasteiger charge is -2.06. The molecule has 0 aliphatic heterocycles. The molecule has 0 fully saturated rings. The SMILES string of the molecule is C=CC(CO)OCC.CCOCC/C=C/O. The van der Waals surface area contributed by atoms with E-state index in [1.807, 2.05) is 13.8 Å². The Kier molecular flexibility index (Phi) is 18.2. The lowest BCUT2D eigenvalue weighted by Crippen LogP contribution is -2.13. The van der Waals surface area contributed by atoms with Crippen molar-refractivity contribution in [2.24, 2.45) is 0 Å². The molecule has 0 spiro atoms. The van der Waals surface area contributed by atoms with Crippen molar-refractivity contribution in [3.05, 3.63) is 25.0 Å². The van der Waals surface area contributed by atoms with E-state index in [4.69, 9.17) is 19.7 Å². The summed E-state index contributed by atoms with van der Waals surface area (Å²) in [4.78, 5) is 0. The average molecular weight is 232 g/mol. The summed E-state index contributed by atoms with van der Waals surface area (Å²) >= 11 is 0. The predicted molar refractivity (Wildman–Crippen MR) is 65.6 cm³/mol. The van der Waals surface area contributed by atoms with Gasteiger partial charge in [0.25, 0.3) is 0 Å².